The van der Waals surface area contributed by atoms with Gasteiger partial charge in [-0.05, 0) is 31.4 Å². The number of hydrogen-bond donors (Lipinski definition) is 1. The summed E-state index contributed by atoms with van der Waals surface area (Å²) in [6.07, 6.45) is 3.15. The third kappa shape index (κ3) is 3.04. The minimum Gasteiger partial charge on any atom is -0.497 e. The van der Waals surface area contributed by atoms with Crippen LogP contribution in [0.1, 0.15) is 29.6 Å². The first-order valence-electron chi connectivity index (χ1n) is 6.84. The Morgan fingerprint density at radius 3 is 2.25 bits per heavy atom. The molecule has 5 nitrogen and oxygen atoms in total. The highest BCUT2D eigenvalue weighted by molar-refractivity contribution is 5.95. The Labute approximate surface area is 119 Å². The van der Waals surface area contributed by atoms with Gasteiger partial charge in [-0.15, -0.1) is 0 Å². The summed E-state index contributed by atoms with van der Waals surface area (Å²) >= 11 is 0. The van der Waals surface area contributed by atoms with Gasteiger partial charge < -0.3 is 19.5 Å². The van der Waals surface area contributed by atoms with Crippen LogP contribution < -0.4 is 9.47 Å². The molecule has 110 valence electrons. The van der Waals surface area contributed by atoms with Crippen LogP contribution >= 0.6 is 0 Å². The fraction of sp³-hybridized carbons (Fsp3) is 0.533. The molecule has 1 aliphatic carbocycles. The van der Waals surface area contributed by atoms with Crippen molar-refractivity contribution >= 4 is 5.91 Å². The van der Waals surface area contributed by atoms with Crippen molar-refractivity contribution < 1.29 is 19.4 Å². The van der Waals surface area contributed by atoms with Gasteiger partial charge >= 0.3 is 0 Å². The molecule has 1 amide bonds. The van der Waals surface area contributed by atoms with Crippen LogP contribution in [-0.4, -0.2) is 49.3 Å². The Kier molecular flexibility index (Phi) is 4.84. The molecule has 1 N–H and O–H groups in total. The lowest BCUT2D eigenvalue weighted by Gasteiger charge is -2.37. The highest BCUT2D eigenvalue weighted by Gasteiger charge is 2.29. The van der Waals surface area contributed by atoms with E-state index in [0.29, 0.717) is 23.6 Å². The van der Waals surface area contributed by atoms with Gasteiger partial charge in [0.1, 0.15) is 11.5 Å². The number of carbonyl (C=O) groups is 1. The van der Waals surface area contributed by atoms with Gasteiger partial charge in [0.15, 0.2) is 0 Å². The van der Waals surface area contributed by atoms with E-state index in [-0.39, 0.29) is 18.6 Å². The van der Waals surface area contributed by atoms with Crippen molar-refractivity contribution in [3.05, 3.63) is 23.8 Å². The number of benzene rings is 1. The second-order valence-electron chi connectivity index (χ2n) is 4.91. The van der Waals surface area contributed by atoms with Crippen molar-refractivity contribution in [1.82, 2.24) is 4.90 Å². The molecule has 1 saturated carbocycles. The van der Waals surface area contributed by atoms with E-state index < -0.39 is 0 Å². The van der Waals surface area contributed by atoms with Crippen LogP contribution in [0.25, 0.3) is 0 Å². The van der Waals surface area contributed by atoms with Gasteiger partial charge in [-0.25, -0.2) is 0 Å². The Balaban J connectivity index is 2.25. The lowest BCUT2D eigenvalue weighted by Crippen LogP contribution is -2.45. The van der Waals surface area contributed by atoms with Crippen LogP contribution in [0.3, 0.4) is 0 Å². The van der Waals surface area contributed by atoms with Crippen molar-refractivity contribution in [2.75, 3.05) is 27.4 Å². The first-order valence-corrected chi connectivity index (χ1v) is 6.84. The summed E-state index contributed by atoms with van der Waals surface area (Å²) in [6.45, 7) is 0.340. The fourth-order valence-electron chi connectivity index (χ4n) is 2.35. The predicted molar refractivity (Wildman–Crippen MR) is 75.3 cm³/mol. The summed E-state index contributed by atoms with van der Waals surface area (Å²) in [5.74, 6) is 1.09. The van der Waals surface area contributed by atoms with Gasteiger partial charge in [0.05, 0.1) is 20.8 Å². The van der Waals surface area contributed by atoms with E-state index in [0.717, 1.165) is 19.3 Å². The van der Waals surface area contributed by atoms with E-state index in [1.807, 2.05) is 0 Å². The van der Waals surface area contributed by atoms with E-state index in [2.05, 4.69) is 0 Å². The third-order valence-electron chi connectivity index (χ3n) is 3.72. The van der Waals surface area contributed by atoms with Gasteiger partial charge in [0, 0.05) is 24.2 Å². The molecule has 0 aromatic heterocycles. The second-order valence-corrected chi connectivity index (χ2v) is 4.91. The number of methoxy groups -OCH3 is 2. The molecule has 1 aromatic rings. The molecule has 0 heterocycles. The Morgan fingerprint density at radius 1 is 1.25 bits per heavy atom. The molecule has 0 spiro atoms. The standard InChI is InChI=1S/C15H21NO4/c1-19-13-8-11(9-14(10-13)20-2)15(18)16(6-7-17)12-4-3-5-12/h8-10,12,17H,3-7H2,1-2H3. The summed E-state index contributed by atoms with van der Waals surface area (Å²) in [5, 5.41) is 9.16. The highest BCUT2D eigenvalue weighted by atomic mass is 16.5. The van der Waals surface area contributed by atoms with E-state index >= 15 is 0 Å². The summed E-state index contributed by atoms with van der Waals surface area (Å²) in [4.78, 5) is 14.4. The summed E-state index contributed by atoms with van der Waals surface area (Å²) in [6, 6.07) is 5.38. The number of aliphatic hydroxyl groups is 1. The molecular weight excluding hydrogens is 258 g/mol. The quantitative estimate of drug-likeness (QED) is 0.861. The molecule has 5 heteroatoms. The van der Waals surface area contributed by atoms with Crippen LogP contribution in [0, 0.1) is 0 Å². The minimum absolute atomic E-state index is 0.0245. The number of rotatable bonds is 6. The van der Waals surface area contributed by atoms with E-state index in [9.17, 15) is 4.79 Å². The Bertz CT molecular complexity index is 449. The monoisotopic (exact) mass is 279 g/mol. The largest absolute Gasteiger partial charge is 0.497 e. The summed E-state index contributed by atoms with van der Waals surface area (Å²) in [7, 11) is 3.11. The van der Waals surface area contributed by atoms with Crippen LogP contribution in [0.5, 0.6) is 11.5 Å². The van der Waals surface area contributed by atoms with Crippen LogP contribution in [-0.2, 0) is 0 Å². The average molecular weight is 279 g/mol. The minimum atomic E-state index is -0.0825. The number of hydrogen-bond acceptors (Lipinski definition) is 4. The van der Waals surface area contributed by atoms with Crippen molar-refractivity contribution in [1.29, 1.82) is 0 Å². The van der Waals surface area contributed by atoms with Crippen molar-refractivity contribution in [3.63, 3.8) is 0 Å². The van der Waals surface area contributed by atoms with E-state index in [1.165, 1.54) is 0 Å². The molecule has 0 bridgehead atoms. The predicted octanol–water partition coefficient (Wildman–Crippen LogP) is 1.69. The fourth-order valence-corrected chi connectivity index (χ4v) is 2.35. The van der Waals surface area contributed by atoms with Crippen molar-refractivity contribution in [3.8, 4) is 11.5 Å². The summed E-state index contributed by atoms with van der Waals surface area (Å²) < 4.78 is 10.4. The Morgan fingerprint density at radius 2 is 1.85 bits per heavy atom. The van der Waals surface area contributed by atoms with E-state index in [1.54, 1.807) is 37.3 Å². The molecule has 0 unspecified atom stereocenters. The van der Waals surface area contributed by atoms with Gasteiger partial charge in [-0.3, -0.25) is 4.79 Å². The Hall–Kier alpha value is -1.75. The molecule has 0 atom stereocenters. The second kappa shape index (κ2) is 6.61. The number of aliphatic hydroxyl groups excluding tert-OH is 1. The van der Waals surface area contributed by atoms with Crippen molar-refractivity contribution in [2.24, 2.45) is 0 Å². The van der Waals surface area contributed by atoms with Gasteiger partial charge in [-0.2, -0.15) is 0 Å². The number of amides is 1. The summed E-state index contributed by atoms with van der Waals surface area (Å²) in [5.41, 5.74) is 0.529. The topological polar surface area (TPSA) is 59.0 Å². The lowest BCUT2D eigenvalue weighted by atomic mass is 9.91. The number of ether oxygens (including phenoxy) is 2. The first kappa shape index (κ1) is 14.7. The molecule has 1 aromatic carbocycles. The molecule has 2 rings (SSSR count). The van der Waals surface area contributed by atoms with Crippen LogP contribution in [0.4, 0.5) is 0 Å². The normalized spacial score (nSPS) is 14.6. The van der Waals surface area contributed by atoms with Gasteiger partial charge in [0.25, 0.3) is 5.91 Å². The molecule has 1 aliphatic rings. The zero-order valence-electron chi connectivity index (χ0n) is 12.0. The zero-order valence-corrected chi connectivity index (χ0v) is 12.0. The van der Waals surface area contributed by atoms with Gasteiger partial charge in [0.2, 0.25) is 0 Å². The molecule has 20 heavy (non-hydrogen) atoms. The lowest BCUT2D eigenvalue weighted by molar-refractivity contribution is 0.0525. The van der Waals surface area contributed by atoms with Crippen LogP contribution in [0.2, 0.25) is 0 Å². The highest BCUT2D eigenvalue weighted by Crippen LogP contribution is 2.28. The molecule has 1 fully saturated rings. The smallest absolute Gasteiger partial charge is 0.254 e. The third-order valence-corrected chi connectivity index (χ3v) is 3.72. The molecule has 0 aliphatic heterocycles. The number of carbonyl (C=O) groups excluding carboxylic acids is 1. The van der Waals surface area contributed by atoms with Crippen molar-refractivity contribution in [2.45, 2.75) is 25.3 Å². The molecule has 0 radical (unpaired) electrons. The maximum Gasteiger partial charge on any atom is 0.254 e. The van der Waals surface area contributed by atoms with Crippen LogP contribution in [0.15, 0.2) is 18.2 Å². The average Bonchev–Trinajstić information content (AvgIpc) is 2.43. The molecular formula is C15H21NO4. The molecule has 0 saturated heterocycles. The number of nitrogens with zero attached hydrogens (tertiary/aromatic N) is 1. The van der Waals surface area contributed by atoms with E-state index in [4.69, 9.17) is 14.6 Å². The zero-order chi connectivity index (χ0) is 14.5. The maximum absolute atomic E-state index is 12.6. The first-order chi connectivity index (χ1) is 9.69. The maximum atomic E-state index is 12.6. The SMILES string of the molecule is COc1cc(OC)cc(C(=O)N(CCO)C2CCC2)c1. The van der Waals surface area contributed by atoms with Gasteiger partial charge in [-0.1, -0.05) is 0 Å².